The molecule has 64 valence electrons. The summed E-state index contributed by atoms with van der Waals surface area (Å²) in [6.45, 7) is 3.42. The zero-order valence-electron chi connectivity index (χ0n) is 6.88. The molecule has 0 radical (unpaired) electrons. The van der Waals surface area contributed by atoms with Crippen LogP contribution in [-0.4, -0.2) is 31.0 Å². The normalized spacial score (nSPS) is 34.3. The molecule has 0 saturated carbocycles. The van der Waals surface area contributed by atoms with E-state index in [-0.39, 0.29) is 6.04 Å². The van der Waals surface area contributed by atoms with Gasteiger partial charge in [0, 0.05) is 19.1 Å². The lowest BCUT2D eigenvalue weighted by atomic mass is 10.2. The highest BCUT2D eigenvalue weighted by atomic mass is 15.1. The number of amidine groups is 1. The summed E-state index contributed by atoms with van der Waals surface area (Å²) in [5.41, 5.74) is 11.3. The fraction of sp³-hybridized carbons (Fsp3) is 0.857. The Morgan fingerprint density at radius 3 is 2.91 bits per heavy atom. The summed E-state index contributed by atoms with van der Waals surface area (Å²) in [6.07, 6.45) is 0.912. The molecular weight excluding hydrogens is 140 g/mol. The largest absolute Gasteiger partial charge is 0.368 e. The molecule has 0 aromatic heterocycles. The van der Waals surface area contributed by atoms with Crippen LogP contribution in [0.1, 0.15) is 13.3 Å². The Hall–Kier alpha value is -0.610. The fourth-order valence-corrected chi connectivity index (χ4v) is 1.28. The molecule has 2 unspecified atom stereocenters. The molecule has 0 bridgehead atoms. The van der Waals surface area contributed by atoms with Gasteiger partial charge in [-0.2, -0.15) is 0 Å². The summed E-state index contributed by atoms with van der Waals surface area (Å²) in [5, 5.41) is 3.19. The number of rotatable bonds is 2. The molecule has 0 aliphatic carbocycles. The maximum absolute atomic E-state index is 5.78. The van der Waals surface area contributed by atoms with Crippen molar-refractivity contribution in [2.45, 2.75) is 25.4 Å². The van der Waals surface area contributed by atoms with Crippen molar-refractivity contribution < 1.29 is 0 Å². The van der Waals surface area contributed by atoms with Crippen molar-refractivity contribution >= 4 is 5.84 Å². The zero-order chi connectivity index (χ0) is 8.27. The number of nitrogens with one attached hydrogen (secondary N) is 1. The van der Waals surface area contributed by atoms with Crippen molar-refractivity contribution in [1.82, 2.24) is 5.32 Å². The standard InChI is InChI=1S/C7H16N4/c1-2-10-7-6(9)3-5(4-8)11-7/h5-6H,2-4,8-9H2,1H3,(H,10,11). The molecular formula is C7H16N4. The van der Waals surface area contributed by atoms with Gasteiger partial charge < -0.3 is 16.8 Å². The van der Waals surface area contributed by atoms with E-state index >= 15 is 0 Å². The van der Waals surface area contributed by atoms with Crippen molar-refractivity contribution in [3.63, 3.8) is 0 Å². The summed E-state index contributed by atoms with van der Waals surface area (Å²) in [4.78, 5) is 4.23. The number of nitrogens with two attached hydrogens (primary N) is 2. The van der Waals surface area contributed by atoms with Crippen molar-refractivity contribution in [2.24, 2.45) is 16.5 Å². The van der Waals surface area contributed by atoms with Crippen LogP contribution in [0.15, 0.2) is 4.99 Å². The van der Waals surface area contributed by atoms with Crippen molar-refractivity contribution in [1.29, 1.82) is 0 Å². The first-order valence-corrected chi connectivity index (χ1v) is 4.04. The van der Waals surface area contributed by atoms with Gasteiger partial charge in [-0.05, 0) is 13.3 Å². The lowest BCUT2D eigenvalue weighted by molar-refractivity contribution is 0.616. The lowest BCUT2D eigenvalue weighted by Gasteiger charge is -2.05. The van der Waals surface area contributed by atoms with Crippen LogP contribution in [0.3, 0.4) is 0 Å². The summed E-state index contributed by atoms with van der Waals surface area (Å²) in [7, 11) is 0. The van der Waals surface area contributed by atoms with Crippen molar-refractivity contribution in [3.05, 3.63) is 0 Å². The van der Waals surface area contributed by atoms with Crippen LogP contribution in [0.4, 0.5) is 0 Å². The van der Waals surface area contributed by atoms with Crippen LogP contribution >= 0.6 is 0 Å². The van der Waals surface area contributed by atoms with Crippen LogP contribution in [0, 0.1) is 0 Å². The van der Waals surface area contributed by atoms with E-state index < -0.39 is 0 Å². The van der Waals surface area contributed by atoms with E-state index in [4.69, 9.17) is 11.5 Å². The van der Waals surface area contributed by atoms with Crippen LogP contribution in [0.25, 0.3) is 0 Å². The minimum absolute atomic E-state index is 0.0727. The third kappa shape index (κ3) is 1.91. The highest BCUT2D eigenvalue weighted by Crippen LogP contribution is 2.05. The summed E-state index contributed by atoms with van der Waals surface area (Å²) in [5.74, 6) is 0.919. The maximum atomic E-state index is 5.78. The van der Waals surface area contributed by atoms with Gasteiger partial charge in [-0.1, -0.05) is 0 Å². The Morgan fingerprint density at radius 1 is 1.73 bits per heavy atom. The Morgan fingerprint density at radius 2 is 2.45 bits per heavy atom. The Labute approximate surface area is 67.0 Å². The maximum Gasteiger partial charge on any atom is 0.114 e. The van der Waals surface area contributed by atoms with E-state index in [2.05, 4.69) is 10.3 Å². The second kappa shape index (κ2) is 3.69. The topological polar surface area (TPSA) is 76.4 Å². The number of hydrogen-bond donors (Lipinski definition) is 3. The molecule has 1 heterocycles. The monoisotopic (exact) mass is 156 g/mol. The minimum Gasteiger partial charge on any atom is -0.368 e. The van der Waals surface area contributed by atoms with Crippen LogP contribution in [-0.2, 0) is 0 Å². The lowest BCUT2D eigenvalue weighted by Crippen LogP contribution is -2.34. The second-order valence-corrected chi connectivity index (χ2v) is 2.78. The molecule has 1 aliphatic rings. The van der Waals surface area contributed by atoms with Crippen molar-refractivity contribution in [3.8, 4) is 0 Å². The summed E-state index contributed by atoms with van der Waals surface area (Å²) < 4.78 is 0. The molecule has 4 nitrogen and oxygen atoms in total. The second-order valence-electron chi connectivity index (χ2n) is 2.78. The zero-order valence-corrected chi connectivity index (χ0v) is 6.88. The molecule has 2 atom stereocenters. The molecule has 4 heteroatoms. The van der Waals surface area contributed by atoms with Gasteiger partial charge in [-0.15, -0.1) is 0 Å². The first kappa shape index (κ1) is 8.49. The first-order chi connectivity index (χ1) is 5.27. The average Bonchev–Trinajstić information content (AvgIpc) is 2.33. The van der Waals surface area contributed by atoms with Gasteiger partial charge >= 0.3 is 0 Å². The van der Waals surface area contributed by atoms with E-state index in [1.165, 1.54) is 0 Å². The van der Waals surface area contributed by atoms with Gasteiger partial charge in [0.25, 0.3) is 0 Å². The third-order valence-corrected chi connectivity index (χ3v) is 1.85. The van der Waals surface area contributed by atoms with Crippen LogP contribution in [0.2, 0.25) is 0 Å². The Bertz CT molecular complexity index is 155. The van der Waals surface area contributed by atoms with E-state index in [1.807, 2.05) is 6.92 Å². The van der Waals surface area contributed by atoms with E-state index in [1.54, 1.807) is 0 Å². The molecule has 5 N–H and O–H groups in total. The molecule has 0 aromatic carbocycles. The first-order valence-electron chi connectivity index (χ1n) is 4.04. The number of nitrogens with zero attached hydrogens (tertiary/aromatic N) is 1. The SMILES string of the molecule is CCN=C1NC(CN)CC1N. The van der Waals surface area contributed by atoms with Crippen LogP contribution in [0.5, 0.6) is 0 Å². The summed E-state index contributed by atoms with van der Waals surface area (Å²) in [6, 6.07) is 0.402. The Kier molecular flexibility index (Phi) is 2.84. The predicted molar refractivity (Wildman–Crippen MR) is 46.5 cm³/mol. The van der Waals surface area contributed by atoms with E-state index in [0.29, 0.717) is 12.6 Å². The number of aliphatic imine (C=N–C) groups is 1. The predicted octanol–water partition coefficient (Wildman–Crippen LogP) is -0.947. The van der Waals surface area contributed by atoms with Gasteiger partial charge in [-0.25, -0.2) is 0 Å². The smallest absolute Gasteiger partial charge is 0.114 e. The molecule has 0 spiro atoms. The highest BCUT2D eigenvalue weighted by molar-refractivity contribution is 5.89. The van der Waals surface area contributed by atoms with Gasteiger partial charge in [0.05, 0.1) is 6.04 Å². The average molecular weight is 156 g/mol. The highest BCUT2D eigenvalue weighted by Gasteiger charge is 2.25. The molecule has 1 aliphatic heterocycles. The van der Waals surface area contributed by atoms with Gasteiger partial charge in [0.15, 0.2) is 0 Å². The Balaban J connectivity index is 2.51. The minimum atomic E-state index is 0.0727. The molecule has 0 amide bonds. The molecule has 0 aromatic rings. The molecule has 1 fully saturated rings. The third-order valence-electron chi connectivity index (χ3n) is 1.85. The molecule has 1 saturated heterocycles. The van der Waals surface area contributed by atoms with Gasteiger partial charge in [0.2, 0.25) is 0 Å². The van der Waals surface area contributed by atoms with E-state index in [9.17, 15) is 0 Å². The van der Waals surface area contributed by atoms with Crippen molar-refractivity contribution in [2.75, 3.05) is 13.1 Å². The summed E-state index contributed by atoms with van der Waals surface area (Å²) >= 11 is 0. The number of hydrogen-bond acceptors (Lipinski definition) is 3. The molecule has 1 rings (SSSR count). The quantitative estimate of drug-likeness (QED) is 0.482. The van der Waals surface area contributed by atoms with Crippen LogP contribution < -0.4 is 16.8 Å². The fourth-order valence-electron chi connectivity index (χ4n) is 1.28. The van der Waals surface area contributed by atoms with Gasteiger partial charge in [0.1, 0.15) is 5.84 Å². The van der Waals surface area contributed by atoms with Gasteiger partial charge in [-0.3, -0.25) is 4.99 Å². The van der Waals surface area contributed by atoms with E-state index in [0.717, 1.165) is 18.8 Å². The molecule has 11 heavy (non-hydrogen) atoms.